The Morgan fingerprint density at radius 1 is 1.47 bits per heavy atom. The summed E-state index contributed by atoms with van der Waals surface area (Å²) in [4.78, 5) is 17.1. The number of hydrogen-bond donors (Lipinski definition) is 2. The van der Waals surface area contributed by atoms with Gasteiger partial charge in [-0.15, -0.1) is 0 Å². The van der Waals surface area contributed by atoms with Crippen molar-refractivity contribution >= 4 is 17.4 Å². The second-order valence-corrected chi connectivity index (χ2v) is 4.82. The van der Waals surface area contributed by atoms with Crippen LogP contribution in [0.25, 0.3) is 5.65 Å². The van der Waals surface area contributed by atoms with Gasteiger partial charge in [0.2, 0.25) is 0 Å². The molecule has 1 saturated heterocycles. The number of aliphatic carboxylic acids is 1. The van der Waals surface area contributed by atoms with Crippen molar-refractivity contribution in [3.05, 3.63) is 24.0 Å². The van der Waals surface area contributed by atoms with Crippen LogP contribution in [0, 0.1) is 6.92 Å². The molecule has 2 aromatic heterocycles. The number of carboxylic acid groups (broad SMARTS) is 1. The molecule has 0 saturated carbocycles. The molecule has 3 heterocycles. The summed E-state index contributed by atoms with van der Waals surface area (Å²) in [5, 5.41) is 23.1. The third-order valence-electron chi connectivity index (χ3n) is 3.36. The van der Waals surface area contributed by atoms with E-state index < -0.39 is 18.1 Å². The van der Waals surface area contributed by atoms with Crippen molar-refractivity contribution < 1.29 is 15.0 Å². The molecule has 0 spiro atoms. The van der Waals surface area contributed by atoms with Gasteiger partial charge in [-0.25, -0.2) is 9.78 Å². The van der Waals surface area contributed by atoms with Gasteiger partial charge in [-0.3, -0.25) is 0 Å². The number of aliphatic hydroxyl groups is 1. The first kappa shape index (κ1) is 11.9. The Bertz CT molecular complexity index is 639. The molecule has 7 heteroatoms. The van der Waals surface area contributed by atoms with Crippen LogP contribution in [-0.4, -0.2) is 49.5 Å². The Kier molecular flexibility index (Phi) is 2.63. The van der Waals surface area contributed by atoms with Gasteiger partial charge in [0.15, 0.2) is 5.65 Å². The molecule has 2 unspecified atom stereocenters. The topological polar surface area (TPSA) is 91.0 Å². The lowest BCUT2D eigenvalue weighted by molar-refractivity contribution is -0.138. The van der Waals surface area contributed by atoms with E-state index in [-0.39, 0.29) is 13.0 Å². The van der Waals surface area contributed by atoms with E-state index >= 15 is 0 Å². The van der Waals surface area contributed by atoms with Gasteiger partial charge in [0.1, 0.15) is 18.2 Å². The fraction of sp³-hybridized carbons (Fsp3) is 0.417. The van der Waals surface area contributed by atoms with Crippen LogP contribution < -0.4 is 4.90 Å². The van der Waals surface area contributed by atoms with Crippen molar-refractivity contribution in [1.82, 2.24) is 14.6 Å². The SMILES string of the molecule is Cc1cc(N2CC(O)CC2C(=O)O)n2ncnc2c1. The zero-order valence-corrected chi connectivity index (χ0v) is 10.4. The second kappa shape index (κ2) is 4.20. The Morgan fingerprint density at radius 3 is 3.00 bits per heavy atom. The zero-order valence-electron chi connectivity index (χ0n) is 10.4. The predicted octanol–water partition coefficient (Wildman–Crippen LogP) is 0.0619. The summed E-state index contributed by atoms with van der Waals surface area (Å²) in [5.74, 6) is -0.289. The zero-order chi connectivity index (χ0) is 13.6. The number of aromatic nitrogens is 3. The van der Waals surface area contributed by atoms with Crippen LogP contribution in [0.15, 0.2) is 18.5 Å². The summed E-state index contributed by atoms with van der Waals surface area (Å²) in [6.45, 7) is 2.20. The van der Waals surface area contributed by atoms with E-state index in [2.05, 4.69) is 10.1 Å². The van der Waals surface area contributed by atoms with E-state index in [4.69, 9.17) is 0 Å². The molecule has 0 bridgehead atoms. The monoisotopic (exact) mass is 262 g/mol. The predicted molar refractivity (Wildman–Crippen MR) is 67.1 cm³/mol. The summed E-state index contributed by atoms with van der Waals surface area (Å²) in [6, 6.07) is 3.00. The highest BCUT2D eigenvalue weighted by Gasteiger charge is 2.37. The molecule has 0 aromatic carbocycles. The molecule has 0 radical (unpaired) electrons. The fourth-order valence-electron chi connectivity index (χ4n) is 2.54. The molecule has 3 rings (SSSR count). The van der Waals surface area contributed by atoms with E-state index in [1.807, 2.05) is 19.1 Å². The first-order chi connectivity index (χ1) is 9.06. The van der Waals surface area contributed by atoms with Crippen molar-refractivity contribution in [3.63, 3.8) is 0 Å². The van der Waals surface area contributed by atoms with Gasteiger partial charge in [-0.05, 0) is 24.6 Å². The number of aliphatic hydroxyl groups excluding tert-OH is 1. The van der Waals surface area contributed by atoms with Crippen LogP contribution in [0.2, 0.25) is 0 Å². The maximum absolute atomic E-state index is 11.3. The average Bonchev–Trinajstić information content (AvgIpc) is 2.93. The summed E-state index contributed by atoms with van der Waals surface area (Å²) in [7, 11) is 0. The Labute approximate surface area is 109 Å². The Hall–Kier alpha value is -2.15. The van der Waals surface area contributed by atoms with Crippen molar-refractivity contribution in [2.75, 3.05) is 11.4 Å². The summed E-state index contributed by atoms with van der Waals surface area (Å²) in [6.07, 6.45) is 1.01. The van der Waals surface area contributed by atoms with Crippen LogP contribution in [0.1, 0.15) is 12.0 Å². The van der Waals surface area contributed by atoms with Crippen LogP contribution in [0.3, 0.4) is 0 Å². The summed E-state index contributed by atoms with van der Waals surface area (Å²) < 4.78 is 1.60. The molecular formula is C12H14N4O3. The smallest absolute Gasteiger partial charge is 0.326 e. The lowest BCUT2D eigenvalue weighted by Crippen LogP contribution is -2.37. The lowest BCUT2D eigenvalue weighted by Gasteiger charge is -2.23. The Balaban J connectivity index is 2.12. The maximum atomic E-state index is 11.3. The van der Waals surface area contributed by atoms with Gasteiger partial charge in [-0.1, -0.05) is 0 Å². The molecule has 0 aliphatic carbocycles. The van der Waals surface area contributed by atoms with Crippen LogP contribution in [0.5, 0.6) is 0 Å². The molecule has 100 valence electrons. The van der Waals surface area contributed by atoms with Gasteiger partial charge < -0.3 is 15.1 Å². The quantitative estimate of drug-likeness (QED) is 0.795. The average molecular weight is 262 g/mol. The van der Waals surface area contributed by atoms with Crippen molar-refractivity contribution in [1.29, 1.82) is 0 Å². The van der Waals surface area contributed by atoms with Gasteiger partial charge in [0, 0.05) is 13.0 Å². The number of fused-ring (bicyclic) bond motifs is 1. The molecule has 2 aromatic rings. The minimum Gasteiger partial charge on any atom is -0.480 e. The molecule has 7 nitrogen and oxygen atoms in total. The lowest BCUT2D eigenvalue weighted by atomic mass is 10.2. The van der Waals surface area contributed by atoms with Crippen molar-refractivity contribution in [2.45, 2.75) is 25.5 Å². The van der Waals surface area contributed by atoms with Gasteiger partial charge in [-0.2, -0.15) is 9.61 Å². The minimum atomic E-state index is -0.939. The first-order valence-electron chi connectivity index (χ1n) is 6.04. The van der Waals surface area contributed by atoms with Gasteiger partial charge >= 0.3 is 5.97 Å². The molecule has 2 N–H and O–H groups in total. The van der Waals surface area contributed by atoms with Gasteiger partial charge in [0.25, 0.3) is 0 Å². The summed E-state index contributed by atoms with van der Waals surface area (Å²) in [5.41, 5.74) is 1.64. The number of β-amino-alcohol motifs (C(OH)–C–C–N with tert-alkyl or cyclic N) is 1. The normalized spacial score (nSPS) is 23.2. The second-order valence-electron chi connectivity index (χ2n) is 4.82. The van der Waals surface area contributed by atoms with Gasteiger partial charge in [0.05, 0.1) is 6.10 Å². The molecule has 0 amide bonds. The number of pyridine rings is 1. The largest absolute Gasteiger partial charge is 0.480 e. The Morgan fingerprint density at radius 2 is 2.26 bits per heavy atom. The van der Waals surface area contributed by atoms with E-state index in [9.17, 15) is 15.0 Å². The molecular weight excluding hydrogens is 248 g/mol. The number of anilines is 1. The molecule has 1 fully saturated rings. The summed E-state index contributed by atoms with van der Waals surface area (Å²) >= 11 is 0. The van der Waals surface area contributed by atoms with E-state index in [0.29, 0.717) is 11.5 Å². The number of hydrogen-bond acceptors (Lipinski definition) is 5. The fourth-order valence-corrected chi connectivity index (χ4v) is 2.54. The highest BCUT2D eigenvalue weighted by atomic mass is 16.4. The third kappa shape index (κ3) is 1.91. The number of aryl methyl sites for hydroxylation is 1. The number of rotatable bonds is 2. The molecule has 19 heavy (non-hydrogen) atoms. The van der Waals surface area contributed by atoms with Crippen LogP contribution in [0.4, 0.5) is 5.82 Å². The number of carbonyl (C=O) groups is 1. The van der Waals surface area contributed by atoms with Crippen molar-refractivity contribution in [2.24, 2.45) is 0 Å². The van der Waals surface area contributed by atoms with E-state index in [1.165, 1.54) is 6.33 Å². The van der Waals surface area contributed by atoms with Crippen LogP contribution >= 0.6 is 0 Å². The first-order valence-corrected chi connectivity index (χ1v) is 6.04. The molecule has 2 atom stereocenters. The number of nitrogens with zero attached hydrogens (tertiary/aromatic N) is 4. The standard InChI is InChI=1S/C12H14N4O3/c1-7-2-10-13-6-14-16(10)11(3-7)15-5-8(17)4-9(15)12(18)19/h2-3,6,8-9,17H,4-5H2,1H3,(H,18,19). The number of carboxylic acids is 1. The highest BCUT2D eigenvalue weighted by Crippen LogP contribution is 2.27. The maximum Gasteiger partial charge on any atom is 0.326 e. The van der Waals surface area contributed by atoms with Crippen LogP contribution in [-0.2, 0) is 4.79 Å². The molecule has 1 aliphatic rings. The minimum absolute atomic E-state index is 0.222. The van der Waals surface area contributed by atoms with E-state index in [1.54, 1.807) is 9.42 Å². The third-order valence-corrected chi connectivity index (χ3v) is 3.36. The van der Waals surface area contributed by atoms with Crippen molar-refractivity contribution in [3.8, 4) is 0 Å². The highest BCUT2D eigenvalue weighted by molar-refractivity contribution is 5.79. The molecule has 1 aliphatic heterocycles. The van der Waals surface area contributed by atoms with E-state index in [0.717, 1.165) is 5.56 Å².